The van der Waals surface area contributed by atoms with Gasteiger partial charge in [0.05, 0.1) is 53.1 Å². The molecule has 2 aliphatic rings. The normalized spacial score (nSPS) is 16.0. The third kappa shape index (κ3) is 6.88. The lowest BCUT2D eigenvalue weighted by molar-refractivity contribution is -0.0591. The lowest BCUT2D eigenvalue weighted by Crippen LogP contribution is -2.33. The second kappa shape index (κ2) is 14.4. The molecule has 0 spiro atoms. The molecule has 3 aromatic heterocycles. The minimum Gasteiger partial charge on any atom is -0.473 e. The quantitative estimate of drug-likeness (QED) is 0.151. The first-order valence-electron chi connectivity index (χ1n) is 17.5. The van der Waals surface area contributed by atoms with Gasteiger partial charge < -0.3 is 19.4 Å². The number of anilines is 1. The van der Waals surface area contributed by atoms with Crippen molar-refractivity contribution in [2.45, 2.75) is 52.0 Å². The van der Waals surface area contributed by atoms with E-state index in [0.717, 1.165) is 90.2 Å². The van der Waals surface area contributed by atoms with E-state index >= 15 is 0 Å². The lowest BCUT2D eigenvalue weighted by Gasteiger charge is -2.29. The van der Waals surface area contributed by atoms with Gasteiger partial charge in [0, 0.05) is 53.7 Å². The van der Waals surface area contributed by atoms with Gasteiger partial charge in [-0.3, -0.25) is 14.8 Å². The maximum Gasteiger partial charge on any atom is 0.255 e. The fourth-order valence-corrected chi connectivity index (χ4v) is 6.74. The first-order valence-corrected chi connectivity index (χ1v) is 17.5. The van der Waals surface area contributed by atoms with Gasteiger partial charge in [-0.2, -0.15) is 10.4 Å². The summed E-state index contributed by atoms with van der Waals surface area (Å²) in [6.07, 6.45) is 4.96. The zero-order chi connectivity index (χ0) is 35.6. The fourth-order valence-electron chi connectivity index (χ4n) is 6.74. The molecule has 11 nitrogen and oxygen atoms in total. The van der Waals surface area contributed by atoms with Gasteiger partial charge in [0.2, 0.25) is 5.88 Å². The molecule has 1 fully saturated rings. The van der Waals surface area contributed by atoms with Gasteiger partial charge in [-0.15, -0.1) is 0 Å². The van der Waals surface area contributed by atoms with Crippen LogP contribution in [-0.4, -0.2) is 61.3 Å². The maximum atomic E-state index is 14.3. The third-order valence-corrected chi connectivity index (χ3v) is 9.78. The average molecular weight is 697 g/mol. The van der Waals surface area contributed by atoms with Crippen molar-refractivity contribution >= 4 is 39.1 Å². The molecule has 5 heterocycles. The number of hydrogen-bond acceptors (Lipinski definition) is 8. The number of aryl methyl sites for hydroxylation is 1. The highest BCUT2D eigenvalue weighted by molar-refractivity contribution is 6.07. The molecule has 0 bridgehead atoms. The molecule has 2 aliphatic heterocycles. The zero-order valence-corrected chi connectivity index (χ0v) is 28.7. The summed E-state index contributed by atoms with van der Waals surface area (Å²) in [7, 11) is 0. The standard InChI is InChI=1S/C40H37FN8O3/c1-2-33-31-19-27(8-10-35(31)47-46-33)40(50)43-29-9-11-37-36(20-29)44-38(49(37)22-30-14-17-51-30)23-48-15-12-26(13-16-48)34-4-3-5-39(45-34)52-24-28-7-6-25(21-42)18-32(28)41/h3-12,18-20,30H,2,13-17,22-24H2,1H3,(H,43,50)(H,46,47)/t30-/m0/s1. The highest BCUT2D eigenvalue weighted by Crippen LogP contribution is 2.28. The smallest absolute Gasteiger partial charge is 0.255 e. The van der Waals surface area contributed by atoms with Gasteiger partial charge in [0.15, 0.2) is 0 Å². The van der Waals surface area contributed by atoms with Crippen molar-refractivity contribution in [3.8, 4) is 11.9 Å². The Balaban J connectivity index is 0.957. The van der Waals surface area contributed by atoms with Gasteiger partial charge >= 0.3 is 0 Å². The number of amides is 1. The monoisotopic (exact) mass is 696 g/mol. The summed E-state index contributed by atoms with van der Waals surface area (Å²) in [5, 5.41) is 20.4. The van der Waals surface area contributed by atoms with Crippen LogP contribution in [0.5, 0.6) is 5.88 Å². The summed E-state index contributed by atoms with van der Waals surface area (Å²) >= 11 is 0. The van der Waals surface area contributed by atoms with Crippen LogP contribution in [0.3, 0.4) is 0 Å². The molecule has 52 heavy (non-hydrogen) atoms. The number of nitriles is 1. The third-order valence-electron chi connectivity index (χ3n) is 9.78. The number of carbonyl (C=O) groups excluding carboxylic acids is 1. The van der Waals surface area contributed by atoms with Gasteiger partial charge in [0.25, 0.3) is 5.91 Å². The fraction of sp³-hybridized carbons (Fsp3) is 0.275. The Hall–Kier alpha value is -5.90. The van der Waals surface area contributed by atoms with Crippen molar-refractivity contribution in [3.63, 3.8) is 0 Å². The summed E-state index contributed by atoms with van der Waals surface area (Å²) in [5.74, 6) is 0.703. The summed E-state index contributed by atoms with van der Waals surface area (Å²) in [6.45, 7) is 5.78. The topological polar surface area (TPSA) is 134 Å². The van der Waals surface area contributed by atoms with Crippen molar-refractivity contribution in [2.75, 3.05) is 25.0 Å². The molecule has 1 amide bonds. The predicted molar refractivity (Wildman–Crippen MR) is 195 cm³/mol. The molecule has 262 valence electrons. The van der Waals surface area contributed by atoms with E-state index in [2.05, 4.69) is 38.0 Å². The van der Waals surface area contributed by atoms with Crippen LogP contribution in [0.2, 0.25) is 0 Å². The molecular formula is C40H37FN8O3. The number of imidazole rings is 1. The SMILES string of the molecule is CCc1[nH]nc2ccc(C(=O)Nc3ccc4c(c3)nc(CN3CC=C(c5cccc(OCc6ccc(C#N)cc6F)n5)CC3)n4C[C@@H]3CCO3)cc12. The number of carbonyl (C=O) groups is 1. The van der Waals surface area contributed by atoms with Crippen molar-refractivity contribution in [1.82, 2.24) is 29.6 Å². The number of aromatic nitrogens is 5. The van der Waals surface area contributed by atoms with Gasteiger partial charge in [-0.25, -0.2) is 14.4 Å². The number of aromatic amines is 1. The van der Waals surface area contributed by atoms with Gasteiger partial charge in [-0.05, 0) is 79.4 Å². The van der Waals surface area contributed by atoms with E-state index in [1.54, 1.807) is 24.3 Å². The molecule has 0 unspecified atom stereocenters. The van der Waals surface area contributed by atoms with Crippen LogP contribution >= 0.6 is 0 Å². The molecule has 2 N–H and O–H groups in total. The van der Waals surface area contributed by atoms with Crippen molar-refractivity contribution in [3.05, 3.63) is 119 Å². The molecule has 6 aromatic rings. The number of ether oxygens (including phenoxy) is 2. The molecule has 1 saturated heterocycles. The first-order chi connectivity index (χ1) is 25.4. The molecule has 8 rings (SSSR count). The van der Waals surface area contributed by atoms with E-state index in [-0.39, 0.29) is 24.2 Å². The van der Waals surface area contributed by atoms with Crippen LogP contribution in [-0.2, 0) is 30.9 Å². The van der Waals surface area contributed by atoms with Crippen LogP contribution in [0, 0.1) is 17.1 Å². The number of hydrogen-bond donors (Lipinski definition) is 2. The predicted octanol–water partition coefficient (Wildman–Crippen LogP) is 6.79. The van der Waals surface area contributed by atoms with E-state index in [0.29, 0.717) is 29.2 Å². The number of halogens is 1. The summed E-state index contributed by atoms with van der Waals surface area (Å²) < 4.78 is 28.2. The lowest BCUT2D eigenvalue weighted by atomic mass is 10.0. The number of nitrogens with zero attached hydrogens (tertiary/aromatic N) is 6. The number of benzene rings is 3. The molecule has 0 radical (unpaired) electrons. The van der Waals surface area contributed by atoms with Crippen molar-refractivity contribution in [1.29, 1.82) is 5.26 Å². The number of H-pyrrole nitrogens is 1. The van der Waals surface area contributed by atoms with Crippen molar-refractivity contribution in [2.24, 2.45) is 0 Å². The molecule has 0 aliphatic carbocycles. The van der Waals surface area contributed by atoms with E-state index in [9.17, 15) is 9.18 Å². The Morgan fingerprint density at radius 2 is 2.02 bits per heavy atom. The Morgan fingerprint density at radius 1 is 1.12 bits per heavy atom. The number of rotatable bonds is 11. The molecule has 3 aromatic carbocycles. The number of nitrogens with one attached hydrogen (secondary N) is 2. The van der Waals surface area contributed by atoms with Gasteiger partial charge in [-0.1, -0.05) is 25.1 Å². The van der Waals surface area contributed by atoms with Crippen LogP contribution in [0.4, 0.5) is 10.1 Å². The Bertz CT molecular complexity index is 2370. The average Bonchev–Trinajstić information content (AvgIpc) is 3.72. The minimum atomic E-state index is -0.476. The Kier molecular flexibility index (Phi) is 9.20. The molecule has 1 atom stereocenters. The zero-order valence-electron chi connectivity index (χ0n) is 28.7. The van der Waals surface area contributed by atoms with E-state index in [4.69, 9.17) is 24.7 Å². The highest BCUT2D eigenvalue weighted by atomic mass is 19.1. The highest BCUT2D eigenvalue weighted by Gasteiger charge is 2.24. The van der Waals surface area contributed by atoms with E-state index in [1.165, 1.54) is 6.07 Å². The summed E-state index contributed by atoms with van der Waals surface area (Å²) in [4.78, 5) is 25.4. The number of pyridine rings is 1. The van der Waals surface area contributed by atoms with E-state index in [1.807, 2.05) is 48.5 Å². The van der Waals surface area contributed by atoms with Gasteiger partial charge in [0.1, 0.15) is 18.2 Å². The second-order valence-corrected chi connectivity index (χ2v) is 13.1. The van der Waals surface area contributed by atoms with Crippen LogP contribution < -0.4 is 10.1 Å². The minimum absolute atomic E-state index is 0.0175. The molecule has 12 heteroatoms. The maximum absolute atomic E-state index is 14.3. The van der Waals surface area contributed by atoms with Crippen LogP contribution in [0.1, 0.15) is 58.5 Å². The second-order valence-electron chi connectivity index (χ2n) is 13.1. The van der Waals surface area contributed by atoms with Crippen LogP contribution in [0.15, 0.2) is 78.9 Å². The Labute approximate surface area is 299 Å². The first kappa shape index (κ1) is 33.3. The summed E-state index contributed by atoms with van der Waals surface area (Å²) in [5.41, 5.74) is 7.52. The van der Waals surface area contributed by atoms with Crippen LogP contribution in [0.25, 0.3) is 27.5 Å². The summed E-state index contributed by atoms with van der Waals surface area (Å²) in [6, 6.07) is 23.3. The Morgan fingerprint density at radius 3 is 2.79 bits per heavy atom. The molecule has 0 saturated carbocycles. The largest absolute Gasteiger partial charge is 0.473 e. The van der Waals surface area contributed by atoms with E-state index < -0.39 is 5.82 Å². The molecular weight excluding hydrogens is 659 g/mol. The van der Waals surface area contributed by atoms with Crippen molar-refractivity contribution < 1.29 is 18.7 Å². The number of fused-ring (bicyclic) bond motifs is 2.